The normalized spacial score (nSPS) is 9.31. The van der Waals surface area contributed by atoms with Gasteiger partial charge in [-0.15, -0.1) is 0 Å². The molecule has 1 aromatic rings. The molecule has 0 aromatic heterocycles. The van der Waals surface area contributed by atoms with Crippen LogP contribution in [0.3, 0.4) is 0 Å². The number of para-hydroxylation sites is 1. The number of carbonyl (C=O) groups is 1. The highest BCUT2D eigenvalue weighted by atomic mass is 16.7. The van der Waals surface area contributed by atoms with Crippen LogP contribution in [-0.2, 0) is 4.84 Å². The zero-order valence-corrected chi connectivity index (χ0v) is 7.41. The number of anilines is 1. The van der Waals surface area contributed by atoms with Crippen molar-refractivity contribution in [2.24, 2.45) is 0 Å². The number of hydrogen-bond donors (Lipinski definition) is 2. The average Bonchev–Trinajstić information content (AvgIpc) is 2.16. The fourth-order valence-electron chi connectivity index (χ4n) is 0.803. The monoisotopic (exact) mass is 180 g/mol. The maximum absolute atomic E-state index is 11.0. The molecule has 0 bridgehead atoms. The lowest BCUT2D eigenvalue weighted by Crippen LogP contribution is -2.23. The van der Waals surface area contributed by atoms with Crippen molar-refractivity contribution in [1.29, 1.82) is 0 Å². The van der Waals surface area contributed by atoms with Crippen molar-refractivity contribution >= 4 is 11.8 Å². The molecule has 4 heteroatoms. The largest absolute Gasteiger partial charge is 0.430 e. The molecule has 0 heterocycles. The number of hydroxylamine groups is 1. The summed E-state index contributed by atoms with van der Waals surface area (Å²) in [5.74, 6) is 0. The summed E-state index contributed by atoms with van der Waals surface area (Å²) >= 11 is 0. The van der Waals surface area contributed by atoms with Crippen molar-refractivity contribution in [2.75, 3.05) is 11.9 Å². The molecule has 1 amide bonds. The molecule has 0 aliphatic carbocycles. The quantitative estimate of drug-likeness (QED) is 0.697. The van der Waals surface area contributed by atoms with Gasteiger partial charge in [-0.3, -0.25) is 5.32 Å². The Balaban J connectivity index is 2.37. The fraction of sp³-hybridized carbons (Fsp3) is 0.222. The van der Waals surface area contributed by atoms with Crippen LogP contribution in [0.4, 0.5) is 10.5 Å². The van der Waals surface area contributed by atoms with Gasteiger partial charge in [-0.25, -0.2) is 4.79 Å². The van der Waals surface area contributed by atoms with Crippen LogP contribution in [0.1, 0.15) is 6.92 Å². The maximum Gasteiger partial charge on any atom is 0.430 e. The summed E-state index contributed by atoms with van der Waals surface area (Å²) in [6, 6.07) is 9.12. The zero-order chi connectivity index (χ0) is 9.52. The number of rotatable bonds is 3. The summed E-state index contributed by atoms with van der Waals surface area (Å²) in [5.41, 5.74) is 3.17. The van der Waals surface area contributed by atoms with Crippen LogP contribution >= 0.6 is 0 Å². The predicted octanol–water partition coefficient (Wildman–Crippen LogP) is 1.76. The van der Waals surface area contributed by atoms with E-state index in [1.54, 1.807) is 12.1 Å². The molecular weight excluding hydrogens is 168 g/mol. The second-order valence-corrected chi connectivity index (χ2v) is 2.38. The molecule has 4 nitrogen and oxygen atoms in total. The van der Waals surface area contributed by atoms with E-state index >= 15 is 0 Å². The van der Waals surface area contributed by atoms with Gasteiger partial charge in [0.1, 0.15) is 0 Å². The summed E-state index contributed by atoms with van der Waals surface area (Å²) in [6.07, 6.45) is -0.506. The third-order valence-electron chi connectivity index (χ3n) is 1.33. The Morgan fingerprint density at radius 3 is 2.69 bits per heavy atom. The van der Waals surface area contributed by atoms with Crippen molar-refractivity contribution in [1.82, 2.24) is 5.48 Å². The average molecular weight is 180 g/mol. The lowest BCUT2D eigenvalue weighted by molar-refractivity contribution is 0.106. The standard InChI is InChI=1S/C9H12N2O2/c1-2-10-13-9(12)11-8-6-4-3-5-7-8/h3-7,10H,2H2,1H3,(H,11,12). The third kappa shape index (κ3) is 3.57. The molecule has 0 unspecified atom stereocenters. The lowest BCUT2D eigenvalue weighted by Gasteiger charge is -2.04. The minimum Gasteiger partial charge on any atom is -0.354 e. The molecule has 0 spiro atoms. The molecule has 0 atom stereocenters. The molecule has 1 rings (SSSR count). The molecule has 0 radical (unpaired) electrons. The Hall–Kier alpha value is -1.55. The Morgan fingerprint density at radius 1 is 1.38 bits per heavy atom. The SMILES string of the molecule is CCNOC(=O)Nc1ccccc1. The van der Waals surface area contributed by atoms with Gasteiger partial charge in [0, 0.05) is 12.2 Å². The van der Waals surface area contributed by atoms with E-state index in [-0.39, 0.29) is 0 Å². The Morgan fingerprint density at radius 2 is 2.08 bits per heavy atom. The van der Waals surface area contributed by atoms with Gasteiger partial charge in [-0.05, 0) is 19.1 Å². The van der Waals surface area contributed by atoms with Crippen molar-refractivity contribution < 1.29 is 9.63 Å². The van der Waals surface area contributed by atoms with Crippen molar-refractivity contribution in [2.45, 2.75) is 6.92 Å². The first kappa shape index (κ1) is 9.54. The number of amides is 1. The molecule has 70 valence electrons. The van der Waals surface area contributed by atoms with Crippen molar-refractivity contribution in [3.63, 3.8) is 0 Å². The van der Waals surface area contributed by atoms with Gasteiger partial charge < -0.3 is 4.84 Å². The molecule has 0 aliphatic heterocycles. The molecule has 0 saturated heterocycles. The zero-order valence-electron chi connectivity index (χ0n) is 7.41. The molecule has 0 aliphatic rings. The summed E-state index contributed by atoms with van der Waals surface area (Å²) in [5, 5.41) is 2.55. The summed E-state index contributed by atoms with van der Waals surface area (Å²) in [7, 11) is 0. The van der Waals surface area contributed by atoms with Gasteiger partial charge >= 0.3 is 6.09 Å². The van der Waals surface area contributed by atoms with E-state index < -0.39 is 6.09 Å². The van der Waals surface area contributed by atoms with E-state index in [4.69, 9.17) is 0 Å². The summed E-state index contributed by atoms with van der Waals surface area (Å²) < 4.78 is 0. The molecule has 2 N–H and O–H groups in total. The summed E-state index contributed by atoms with van der Waals surface area (Å²) in [4.78, 5) is 15.6. The van der Waals surface area contributed by atoms with Gasteiger partial charge in [-0.2, -0.15) is 5.48 Å². The van der Waals surface area contributed by atoms with E-state index in [1.807, 2.05) is 25.1 Å². The highest BCUT2D eigenvalue weighted by Crippen LogP contribution is 2.04. The van der Waals surface area contributed by atoms with Gasteiger partial charge in [0.25, 0.3) is 0 Å². The predicted molar refractivity (Wildman–Crippen MR) is 50.2 cm³/mol. The maximum atomic E-state index is 11.0. The Labute approximate surface area is 76.9 Å². The second kappa shape index (κ2) is 5.16. The first-order valence-electron chi connectivity index (χ1n) is 4.08. The van der Waals surface area contributed by atoms with Crippen molar-refractivity contribution in [3.8, 4) is 0 Å². The number of carbonyl (C=O) groups excluding carboxylic acids is 1. The van der Waals surface area contributed by atoms with Crippen LogP contribution in [-0.4, -0.2) is 12.6 Å². The van der Waals surface area contributed by atoms with Crippen LogP contribution < -0.4 is 10.8 Å². The van der Waals surface area contributed by atoms with E-state index in [9.17, 15) is 4.79 Å². The van der Waals surface area contributed by atoms with E-state index in [0.717, 1.165) is 0 Å². The Bertz CT molecular complexity index is 262. The number of benzene rings is 1. The molecule has 0 saturated carbocycles. The summed E-state index contributed by atoms with van der Waals surface area (Å²) in [6.45, 7) is 2.43. The van der Waals surface area contributed by atoms with Gasteiger partial charge in [0.2, 0.25) is 0 Å². The number of nitrogens with one attached hydrogen (secondary N) is 2. The number of hydrogen-bond acceptors (Lipinski definition) is 3. The van der Waals surface area contributed by atoms with Crippen LogP contribution in [0.5, 0.6) is 0 Å². The third-order valence-corrected chi connectivity index (χ3v) is 1.33. The second-order valence-electron chi connectivity index (χ2n) is 2.38. The van der Waals surface area contributed by atoms with E-state index in [2.05, 4.69) is 15.6 Å². The first-order chi connectivity index (χ1) is 6.33. The lowest BCUT2D eigenvalue weighted by atomic mass is 10.3. The molecule has 1 aromatic carbocycles. The van der Waals surface area contributed by atoms with Crippen molar-refractivity contribution in [3.05, 3.63) is 30.3 Å². The molecule has 13 heavy (non-hydrogen) atoms. The fourth-order valence-corrected chi connectivity index (χ4v) is 0.803. The molecule has 0 fully saturated rings. The highest BCUT2D eigenvalue weighted by molar-refractivity contribution is 5.84. The van der Waals surface area contributed by atoms with Crippen LogP contribution in [0, 0.1) is 0 Å². The topological polar surface area (TPSA) is 50.4 Å². The first-order valence-corrected chi connectivity index (χ1v) is 4.08. The minimum absolute atomic E-state index is 0.506. The van der Waals surface area contributed by atoms with Gasteiger partial charge in [0.05, 0.1) is 0 Å². The van der Waals surface area contributed by atoms with Gasteiger partial charge in [0.15, 0.2) is 0 Å². The molecular formula is C9H12N2O2. The van der Waals surface area contributed by atoms with E-state index in [1.165, 1.54) is 0 Å². The van der Waals surface area contributed by atoms with Crippen LogP contribution in [0.15, 0.2) is 30.3 Å². The van der Waals surface area contributed by atoms with E-state index in [0.29, 0.717) is 12.2 Å². The van der Waals surface area contributed by atoms with Gasteiger partial charge in [-0.1, -0.05) is 18.2 Å². The van der Waals surface area contributed by atoms with Crippen LogP contribution in [0.2, 0.25) is 0 Å². The Kier molecular flexibility index (Phi) is 3.78. The minimum atomic E-state index is -0.506. The highest BCUT2D eigenvalue weighted by Gasteiger charge is 2.00. The van der Waals surface area contributed by atoms with Crippen LogP contribution in [0.25, 0.3) is 0 Å². The smallest absolute Gasteiger partial charge is 0.354 e.